The van der Waals surface area contributed by atoms with Gasteiger partial charge >= 0.3 is 6.18 Å². The lowest BCUT2D eigenvalue weighted by atomic mass is 10.1. The fourth-order valence-electron chi connectivity index (χ4n) is 2.07. The molecule has 0 amide bonds. The lowest BCUT2D eigenvalue weighted by molar-refractivity contribution is -0.137. The number of alkyl halides is 3. The molecule has 0 radical (unpaired) electrons. The number of halogens is 3. The summed E-state index contributed by atoms with van der Waals surface area (Å²) in [6.07, 6.45) is -4.27. The van der Waals surface area contributed by atoms with E-state index in [2.05, 4.69) is 0 Å². The maximum atomic E-state index is 12.6. The van der Waals surface area contributed by atoms with Gasteiger partial charge in [0.25, 0.3) is 0 Å². The van der Waals surface area contributed by atoms with E-state index in [0.29, 0.717) is 4.90 Å². The van der Waals surface area contributed by atoms with E-state index < -0.39 is 11.7 Å². The summed E-state index contributed by atoms with van der Waals surface area (Å²) in [5, 5.41) is 0. The molecule has 0 N–H and O–H groups in total. The van der Waals surface area contributed by atoms with Gasteiger partial charge in [-0.3, -0.25) is 0 Å². The summed E-state index contributed by atoms with van der Waals surface area (Å²) in [5.74, 6) is 0. The first-order chi connectivity index (χ1) is 7.69. The number of hydrogen-bond donors (Lipinski definition) is 0. The summed E-state index contributed by atoms with van der Waals surface area (Å²) in [5.41, 5.74) is 0.303. The average molecular weight is 261 g/mol. The van der Waals surface area contributed by atoms with E-state index in [-0.39, 0.29) is 4.75 Å². The van der Waals surface area contributed by atoms with E-state index in [9.17, 15) is 13.2 Å². The molecule has 1 aliphatic rings. The first kappa shape index (κ1) is 12.6. The van der Waals surface area contributed by atoms with Crippen molar-refractivity contribution >= 4 is 17.4 Å². The molecule has 5 heteroatoms. The van der Waals surface area contributed by atoms with Gasteiger partial charge in [0.15, 0.2) is 0 Å². The van der Waals surface area contributed by atoms with Gasteiger partial charge in [-0.05, 0) is 32.0 Å². The number of hydrogen-bond acceptors (Lipinski definition) is 2. The van der Waals surface area contributed by atoms with Crippen molar-refractivity contribution < 1.29 is 13.2 Å². The molecule has 1 aliphatic heterocycles. The van der Waals surface area contributed by atoms with E-state index >= 15 is 0 Å². The Labute approximate surface area is 103 Å². The second-order valence-electron chi connectivity index (χ2n) is 4.90. The van der Waals surface area contributed by atoms with E-state index in [4.69, 9.17) is 0 Å². The summed E-state index contributed by atoms with van der Waals surface area (Å²) in [6, 6.07) is 3.95. The summed E-state index contributed by atoms with van der Waals surface area (Å²) >= 11 is 1.51. The third kappa shape index (κ3) is 2.54. The number of anilines is 1. The van der Waals surface area contributed by atoms with Crippen LogP contribution < -0.4 is 4.90 Å². The smallest absolute Gasteiger partial charge is 0.372 e. The molecular weight excluding hydrogens is 247 g/mol. The van der Waals surface area contributed by atoms with Crippen molar-refractivity contribution in [2.45, 2.75) is 29.7 Å². The first-order valence-corrected chi connectivity index (χ1v) is 6.12. The topological polar surface area (TPSA) is 3.24 Å². The highest BCUT2D eigenvalue weighted by molar-refractivity contribution is 8.00. The van der Waals surface area contributed by atoms with Crippen LogP contribution in [-0.4, -0.2) is 18.3 Å². The van der Waals surface area contributed by atoms with Crippen LogP contribution in [0.5, 0.6) is 0 Å². The van der Waals surface area contributed by atoms with Gasteiger partial charge in [0, 0.05) is 23.2 Å². The zero-order valence-corrected chi connectivity index (χ0v) is 10.7. The molecule has 1 nitrogen and oxygen atoms in total. The molecule has 2 rings (SSSR count). The molecule has 0 atom stereocenters. The van der Waals surface area contributed by atoms with Crippen LogP contribution in [0.25, 0.3) is 0 Å². The van der Waals surface area contributed by atoms with Gasteiger partial charge in [-0.1, -0.05) is 0 Å². The fourth-order valence-corrected chi connectivity index (χ4v) is 3.44. The molecule has 0 fully saturated rings. The highest BCUT2D eigenvalue weighted by Gasteiger charge is 2.34. The monoisotopic (exact) mass is 261 g/mol. The minimum atomic E-state index is -4.27. The van der Waals surface area contributed by atoms with Crippen molar-refractivity contribution in [2.75, 3.05) is 18.5 Å². The van der Waals surface area contributed by atoms with E-state index in [1.54, 1.807) is 6.07 Å². The van der Waals surface area contributed by atoms with Crippen LogP contribution in [0.4, 0.5) is 18.9 Å². The molecule has 0 unspecified atom stereocenters. The predicted octanol–water partition coefficient (Wildman–Crippen LogP) is 4.03. The minimum Gasteiger partial charge on any atom is -0.372 e. The van der Waals surface area contributed by atoms with Crippen LogP contribution in [0, 0.1) is 0 Å². The molecule has 0 spiro atoms. The third-order valence-electron chi connectivity index (χ3n) is 2.70. The van der Waals surface area contributed by atoms with Crippen molar-refractivity contribution in [3.63, 3.8) is 0 Å². The van der Waals surface area contributed by atoms with E-state index in [0.717, 1.165) is 18.3 Å². The Bertz CT molecular complexity index is 440. The van der Waals surface area contributed by atoms with E-state index in [1.165, 1.54) is 17.8 Å². The second kappa shape index (κ2) is 3.83. The largest absolute Gasteiger partial charge is 0.416 e. The van der Waals surface area contributed by atoms with Crippen LogP contribution in [0.2, 0.25) is 0 Å². The summed E-state index contributed by atoms with van der Waals surface area (Å²) in [4.78, 5) is 2.71. The Balaban J connectivity index is 2.45. The minimum absolute atomic E-state index is 0.0635. The van der Waals surface area contributed by atoms with Crippen molar-refractivity contribution in [3.05, 3.63) is 23.8 Å². The number of nitrogens with zero attached hydrogens (tertiary/aromatic N) is 1. The number of rotatable bonds is 0. The zero-order chi connectivity index (χ0) is 12.8. The van der Waals surface area contributed by atoms with Crippen LogP contribution in [-0.2, 0) is 6.18 Å². The molecule has 1 aromatic rings. The fraction of sp³-hybridized carbons (Fsp3) is 0.500. The van der Waals surface area contributed by atoms with Gasteiger partial charge in [0.05, 0.1) is 11.3 Å². The maximum absolute atomic E-state index is 12.6. The molecule has 0 bridgehead atoms. The standard InChI is InChI=1S/C12H14F3NS/c1-11(2)7-16(3)9-5-4-8(12(13,14)15)6-10(9)17-11/h4-6H,7H2,1-3H3. The number of thioether (sulfide) groups is 1. The molecular formula is C12H14F3NS. The highest BCUT2D eigenvalue weighted by Crippen LogP contribution is 2.45. The van der Waals surface area contributed by atoms with Gasteiger partial charge in [0.1, 0.15) is 0 Å². The molecule has 0 saturated heterocycles. The SMILES string of the molecule is CN1CC(C)(C)Sc2cc(C(F)(F)F)ccc21. The molecule has 0 aromatic heterocycles. The summed E-state index contributed by atoms with van der Waals surface area (Å²) < 4.78 is 37.8. The molecule has 94 valence electrons. The van der Waals surface area contributed by atoms with Gasteiger partial charge < -0.3 is 4.90 Å². The Morgan fingerprint density at radius 1 is 1.29 bits per heavy atom. The average Bonchev–Trinajstić information content (AvgIpc) is 2.13. The quantitative estimate of drug-likeness (QED) is 0.693. The Hall–Kier alpha value is -0.840. The van der Waals surface area contributed by atoms with Crippen LogP contribution in [0.1, 0.15) is 19.4 Å². The van der Waals surface area contributed by atoms with Gasteiger partial charge in [-0.15, -0.1) is 11.8 Å². The van der Waals surface area contributed by atoms with E-state index in [1.807, 2.05) is 25.8 Å². The van der Waals surface area contributed by atoms with Gasteiger partial charge in [0.2, 0.25) is 0 Å². The van der Waals surface area contributed by atoms with Crippen molar-refractivity contribution in [1.29, 1.82) is 0 Å². The lowest BCUT2D eigenvalue weighted by Crippen LogP contribution is -2.37. The molecule has 0 saturated carbocycles. The van der Waals surface area contributed by atoms with Gasteiger partial charge in [-0.25, -0.2) is 0 Å². The lowest BCUT2D eigenvalue weighted by Gasteiger charge is -2.38. The third-order valence-corrected chi connectivity index (χ3v) is 3.93. The van der Waals surface area contributed by atoms with Crippen molar-refractivity contribution in [1.82, 2.24) is 0 Å². The van der Waals surface area contributed by atoms with Gasteiger partial charge in [-0.2, -0.15) is 13.2 Å². The second-order valence-corrected chi connectivity index (χ2v) is 6.65. The van der Waals surface area contributed by atoms with Crippen LogP contribution >= 0.6 is 11.8 Å². The molecule has 1 heterocycles. The maximum Gasteiger partial charge on any atom is 0.416 e. The summed E-state index contributed by atoms with van der Waals surface area (Å²) in [7, 11) is 1.91. The molecule has 17 heavy (non-hydrogen) atoms. The highest BCUT2D eigenvalue weighted by atomic mass is 32.2. The van der Waals surface area contributed by atoms with Crippen molar-refractivity contribution in [3.8, 4) is 0 Å². The Kier molecular flexibility index (Phi) is 2.84. The Morgan fingerprint density at radius 2 is 1.94 bits per heavy atom. The molecule has 0 aliphatic carbocycles. The van der Waals surface area contributed by atoms with Crippen LogP contribution in [0.3, 0.4) is 0 Å². The predicted molar refractivity (Wildman–Crippen MR) is 64.7 cm³/mol. The number of fused-ring (bicyclic) bond motifs is 1. The summed E-state index contributed by atoms with van der Waals surface area (Å²) in [6.45, 7) is 4.91. The number of benzene rings is 1. The van der Waals surface area contributed by atoms with Crippen molar-refractivity contribution in [2.24, 2.45) is 0 Å². The normalized spacial score (nSPS) is 19.1. The van der Waals surface area contributed by atoms with Crippen LogP contribution in [0.15, 0.2) is 23.1 Å². The molecule has 1 aromatic carbocycles. The Morgan fingerprint density at radius 3 is 2.53 bits per heavy atom. The zero-order valence-electron chi connectivity index (χ0n) is 9.93. The first-order valence-electron chi connectivity index (χ1n) is 5.30.